The zero-order valence-corrected chi connectivity index (χ0v) is 7.38. The van der Waals surface area contributed by atoms with E-state index >= 15 is 0 Å². The summed E-state index contributed by atoms with van der Waals surface area (Å²) in [5.74, 6) is 0.885. The van der Waals surface area contributed by atoms with Crippen LogP contribution in [0.4, 0.5) is 0 Å². The van der Waals surface area contributed by atoms with E-state index in [0.29, 0.717) is 6.04 Å². The van der Waals surface area contributed by atoms with Gasteiger partial charge in [-0.05, 0) is 18.8 Å². The molecule has 0 bridgehead atoms. The Hall–Kier alpha value is -0.570. The number of rotatable bonds is 2. The van der Waals surface area contributed by atoms with Gasteiger partial charge >= 0.3 is 0 Å². The summed E-state index contributed by atoms with van der Waals surface area (Å²) in [6.45, 7) is 2.96. The van der Waals surface area contributed by atoms with Crippen molar-refractivity contribution in [1.82, 2.24) is 5.32 Å². The largest absolute Gasteiger partial charge is 0.368 e. The first-order valence-corrected chi connectivity index (χ1v) is 4.67. The van der Waals surface area contributed by atoms with Gasteiger partial charge in [-0.3, -0.25) is 4.79 Å². The molecule has 1 saturated heterocycles. The van der Waals surface area contributed by atoms with E-state index in [1.54, 1.807) is 0 Å². The first-order valence-electron chi connectivity index (χ1n) is 4.67. The summed E-state index contributed by atoms with van der Waals surface area (Å²) < 4.78 is 5.08. The normalized spacial score (nSPS) is 39.6. The fraction of sp³-hybridized carbons (Fsp3) is 0.889. The summed E-state index contributed by atoms with van der Waals surface area (Å²) in [4.78, 5) is 11.3. The van der Waals surface area contributed by atoms with Crippen LogP contribution >= 0.6 is 0 Å². The molecule has 1 aliphatic carbocycles. The zero-order valence-electron chi connectivity index (χ0n) is 7.38. The lowest BCUT2D eigenvalue weighted by Crippen LogP contribution is -2.50. The van der Waals surface area contributed by atoms with Crippen molar-refractivity contribution in [2.45, 2.75) is 38.3 Å². The van der Waals surface area contributed by atoms with E-state index < -0.39 is 0 Å². The molecule has 1 heterocycles. The van der Waals surface area contributed by atoms with Crippen molar-refractivity contribution in [2.24, 2.45) is 5.92 Å². The average Bonchev–Trinajstić information content (AvgIpc) is 1.79. The van der Waals surface area contributed by atoms with Crippen LogP contribution in [0.2, 0.25) is 0 Å². The van der Waals surface area contributed by atoms with Crippen LogP contribution in [-0.2, 0) is 9.53 Å². The van der Waals surface area contributed by atoms with E-state index in [0.717, 1.165) is 31.8 Å². The molecular weight excluding hydrogens is 154 g/mol. The molecule has 2 aliphatic rings. The number of carbonyl (C=O) groups is 1. The molecular formula is C9H15NO2. The quantitative estimate of drug-likeness (QED) is 0.660. The monoisotopic (exact) mass is 169 g/mol. The van der Waals surface area contributed by atoms with Crippen molar-refractivity contribution in [3.05, 3.63) is 0 Å². The third-order valence-electron chi connectivity index (χ3n) is 2.71. The Kier molecular flexibility index (Phi) is 2.05. The zero-order chi connectivity index (χ0) is 8.55. The highest BCUT2D eigenvalue weighted by molar-refractivity contribution is 5.81. The summed E-state index contributed by atoms with van der Waals surface area (Å²) in [7, 11) is 0. The van der Waals surface area contributed by atoms with Gasteiger partial charge < -0.3 is 10.1 Å². The first kappa shape index (κ1) is 8.05. The van der Waals surface area contributed by atoms with Crippen molar-refractivity contribution in [2.75, 3.05) is 6.61 Å². The summed E-state index contributed by atoms with van der Waals surface area (Å²) in [5, 5.41) is 2.98. The number of ether oxygens (including phenoxy) is 1. The lowest BCUT2D eigenvalue weighted by atomic mass is 9.82. The van der Waals surface area contributed by atoms with Gasteiger partial charge in [0.1, 0.15) is 6.10 Å². The van der Waals surface area contributed by atoms with Crippen LogP contribution in [0.1, 0.15) is 26.2 Å². The van der Waals surface area contributed by atoms with Crippen LogP contribution in [0.25, 0.3) is 0 Å². The number of hydrogen-bond acceptors (Lipinski definition) is 2. The highest BCUT2D eigenvalue weighted by atomic mass is 16.5. The number of amides is 1. The molecule has 3 heteroatoms. The van der Waals surface area contributed by atoms with Crippen LogP contribution in [0.3, 0.4) is 0 Å². The third-order valence-corrected chi connectivity index (χ3v) is 2.71. The maximum atomic E-state index is 11.3. The minimum atomic E-state index is -0.138. The van der Waals surface area contributed by atoms with Gasteiger partial charge in [0.25, 0.3) is 0 Å². The molecule has 1 saturated carbocycles. The topological polar surface area (TPSA) is 38.3 Å². The van der Waals surface area contributed by atoms with E-state index in [4.69, 9.17) is 4.74 Å². The van der Waals surface area contributed by atoms with Crippen molar-refractivity contribution < 1.29 is 9.53 Å². The van der Waals surface area contributed by atoms with Gasteiger partial charge in [-0.25, -0.2) is 0 Å². The highest BCUT2D eigenvalue weighted by Crippen LogP contribution is 2.26. The summed E-state index contributed by atoms with van der Waals surface area (Å²) in [6, 6.07) is 0.427. The predicted octanol–water partition coefficient (Wildman–Crippen LogP) is 0.690. The molecule has 0 aromatic carbocycles. The Morgan fingerprint density at radius 2 is 2.17 bits per heavy atom. The van der Waals surface area contributed by atoms with Crippen LogP contribution in [0.5, 0.6) is 0 Å². The maximum absolute atomic E-state index is 11.3. The molecule has 0 spiro atoms. The second kappa shape index (κ2) is 3.05. The number of nitrogens with one attached hydrogen (secondary N) is 1. The molecule has 2 fully saturated rings. The van der Waals surface area contributed by atoms with Gasteiger partial charge in [-0.15, -0.1) is 0 Å². The van der Waals surface area contributed by atoms with Crippen LogP contribution < -0.4 is 5.32 Å². The van der Waals surface area contributed by atoms with Crippen molar-refractivity contribution >= 4 is 5.91 Å². The van der Waals surface area contributed by atoms with Crippen LogP contribution in [0, 0.1) is 5.92 Å². The minimum Gasteiger partial charge on any atom is -0.368 e. The van der Waals surface area contributed by atoms with Crippen molar-refractivity contribution in [1.29, 1.82) is 0 Å². The third kappa shape index (κ3) is 1.46. The lowest BCUT2D eigenvalue weighted by Gasteiger charge is -2.35. The van der Waals surface area contributed by atoms with E-state index in [9.17, 15) is 4.79 Å². The van der Waals surface area contributed by atoms with Gasteiger partial charge in [0.05, 0.1) is 6.61 Å². The summed E-state index contributed by atoms with van der Waals surface area (Å²) in [6.07, 6.45) is 3.03. The molecule has 2 rings (SSSR count). The number of hydrogen-bond donors (Lipinski definition) is 1. The van der Waals surface area contributed by atoms with E-state index in [1.807, 2.05) is 0 Å². The molecule has 1 aliphatic heterocycles. The minimum absolute atomic E-state index is 0.0955. The average molecular weight is 169 g/mol. The fourth-order valence-electron chi connectivity index (χ4n) is 1.76. The maximum Gasteiger partial charge on any atom is 0.249 e. The van der Waals surface area contributed by atoms with Crippen LogP contribution in [0.15, 0.2) is 0 Å². The van der Waals surface area contributed by atoms with Crippen molar-refractivity contribution in [3.8, 4) is 0 Å². The molecule has 1 amide bonds. The highest BCUT2D eigenvalue weighted by Gasteiger charge is 2.32. The van der Waals surface area contributed by atoms with Gasteiger partial charge in [0, 0.05) is 12.5 Å². The molecule has 1 unspecified atom stereocenters. The van der Waals surface area contributed by atoms with E-state index in [-0.39, 0.29) is 12.0 Å². The Bertz CT molecular complexity index is 183. The molecule has 1 atom stereocenters. The Balaban J connectivity index is 1.69. The fourth-order valence-corrected chi connectivity index (χ4v) is 1.76. The molecule has 68 valence electrons. The van der Waals surface area contributed by atoms with Gasteiger partial charge in [-0.1, -0.05) is 6.92 Å². The number of carbonyl (C=O) groups excluding carboxylic acids is 1. The molecule has 0 aromatic heterocycles. The predicted molar refractivity (Wildman–Crippen MR) is 44.7 cm³/mol. The summed E-state index contributed by atoms with van der Waals surface area (Å²) >= 11 is 0. The van der Waals surface area contributed by atoms with Crippen molar-refractivity contribution in [3.63, 3.8) is 0 Å². The second-order valence-corrected chi connectivity index (χ2v) is 3.93. The standard InChI is InChI=1S/C9H15NO2/c1-6-4-7(5-6)10-9(11)8-2-3-12-8/h6-8H,2-5H2,1H3,(H,10,11). The Morgan fingerprint density at radius 1 is 1.50 bits per heavy atom. The summed E-state index contributed by atoms with van der Waals surface area (Å²) in [5.41, 5.74) is 0. The van der Waals surface area contributed by atoms with Crippen LogP contribution in [-0.4, -0.2) is 24.7 Å². The first-order chi connectivity index (χ1) is 5.75. The Labute approximate surface area is 72.5 Å². The smallest absolute Gasteiger partial charge is 0.249 e. The van der Waals surface area contributed by atoms with E-state index in [2.05, 4.69) is 12.2 Å². The molecule has 0 radical (unpaired) electrons. The van der Waals surface area contributed by atoms with Gasteiger partial charge in [0.15, 0.2) is 0 Å². The molecule has 3 nitrogen and oxygen atoms in total. The molecule has 1 N–H and O–H groups in total. The molecule has 0 aromatic rings. The van der Waals surface area contributed by atoms with Gasteiger partial charge in [-0.2, -0.15) is 0 Å². The van der Waals surface area contributed by atoms with Gasteiger partial charge in [0.2, 0.25) is 5.91 Å². The SMILES string of the molecule is CC1CC(NC(=O)C2CCO2)C1. The second-order valence-electron chi connectivity index (χ2n) is 3.93. The Morgan fingerprint density at radius 3 is 2.58 bits per heavy atom. The molecule has 12 heavy (non-hydrogen) atoms. The van der Waals surface area contributed by atoms with E-state index in [1.165, 1.54) is 0 Å². The lowest BCUT2D eigenvalue weighted by molar-refractivity contribution is -0.146.